The maximum Gasteiger partial charge on any atom is 0.0531 e. The maximum absolute atomic E-state index is 8.91. The number of aliphatic hydroxyl groups excluding tert-OH is 1. The first-order chi connectivity index (χ1) is 8.76. The summed E-state index contributed by atoms with van der Waals surface area (Å²) in [6, 6.07) is -0.106. The average molecular weight is 263 g/mol. The zero-order chi connectivity index (χ0) is 13.6. The van der Waals surface area contributed by atoms with Gasteiger partial charge in [0.15, 0.2) is 0 Å². The summed E-state index contributed by atoms with van der Waals surface area (Å²) in [6.07, 6.45) is 2.25. The van der Waals surface area contributed by atoms with Crippen LogP contribution in [0.4, 0.5) is 0 Å². The Morgan fingerprint density at radius 2 is 1.44 bits per heavy atom. The van der Waals surface area contributed by atoms with Gasteiger partial charge in [-0.1, -0.05) is 0 Å². The molecule has 18 heavy (non-hydrogen) atoms. The van der Waals surface area contributed by atoms with Gasteiger partial charge in [0, 0.05) is 31.8 Å². The minimum absolute atomic E-state index is 0.0866. The second kappa shape index (κ2) is 13.2. The Morgan fingerprint density at radius 3 is 1.83 bits per heavy atom. The van der Waals surface area contributed by atoms with E-state index in [-0.39, 0.29) is 18.6 Å². The van der Waals surface area contributed by atoms with Crippen molar-refractivity contribution in [2.45, 2.75) is 25.3 Å². The smallest absolute Gasteiger partial charge is 0.0531 e. The third-order valence-corrected chi connectivity index (χ3v) is 2.72. The molecule has 6 heteroatoms. The highest BCUT2D eigenvalue weighted by Crippen LogP contribution is 2.08. The molecule has 0 spiro atoms. The first kappa shape index (κ1) is 17.8. The van der Waals surface area contributed by atoms with Gasteiger partial charge in [0.05, 0.1) is 13.2 Å². The van der Waals surface area contributed by atoms with Gasteiger partial charge in [-0.2, -0.15) is 0 Å². The van der Waals surface area contributed by atoms with E-state index in [1.54, 1.807) is 0 Å². The van der Waals surface area contributed by atoms with Crippen molar-refractivity contribution in [2.75, 3.05) is 46.1 Å². The number of ether oxygens (including phenoxy) is 2. The second-order valence-corrected chi connectivity index (χ2v) is 4.37. The average Bonchev–Trinajstić information content (AvgIpc) is 2.37. The topological polar surface area (TPSA) is 117 Å². The molecule has 0 fully saturated rings. The van der Waals surface area contributed by atoms with Crippen molar-refractivity contribution in [1.29, 1.82) is 0 Å². The van der Waals surface area contributed by atoms with Crippen LogP contribution in [0.5, 0.6) is 0 Å². The van der Waals surface area contributed by atoms with Crippen molar-refractivity contribution in [3.8, 4) is 0 Å². The van der Waals surface area contributed by atoms with Crippen LogP contribution in [0.15, 0.2) is 0 Å². The lowest BCUT2D eigenvalue weighted by molar-refractivity contribution is 0.0258. The number of aliphatic hydroxyl groups is 1. The number of hydrogen-bond donors (Lipinski definition) is 4. The Morgan fingerprint density at radius 1 is 0.944 bits per heavy atom. The summed E-state index contributed by atoms with van der Waals surface area (Å²) >= 11 is 0. The highest BCUT2D eigenvalue weighted by atomic mass is 16.5. The van der Waals surface area contributed by atoms with Crippen LogP contribution in [0, 0.1) is 5.92 Å². The first-order valence-electron chi connectivity index (χ1n) is 6.68. The standard InChI is InChI=1S/C12H29N3O3/c13-4-1-7-17-9-11(12(15)3-6-16)10-18-8-2-5-14/h11-12,16H,1-10,13-15H2. The van der Waals surface area contributed by atoms with Crippen LogP contribution in [-0.2, 0) is 9.47 Å². The molecule has 0 saturated carbocycles. The first-order valence-corrected chi connectivity index (χ1v) is 6.68. The molecule has 0 aliphatic rings. The van der Waals surface area contributed by atoms with Crippen molar-refractivity contribution in [3.05, 3.63) is 0 Å². The molecule has 0 aromatic carbocycles. The van der Waals surface area contributed by atoms with Crippen molar-refractivity contribution in [1.82, 2.24) is 0 Å². The normalized spacial score (nSPS) is 13.2. The third-order valence-electron chi connectivity index (χ3n) is 2.72. The summed E-state index contributed by atoms with van der Waals surface area (Å²) in [6.45, 7) is 3.71. The van der Waals surface area contributed by atoms with E-state index in [9.17, 15) is 0 Å². The fraction of sp³-hybridized carbons (Fsp3) is 1.00. The van der Waals surface area contributed by atoms with Crippen LogP contribution < -0.4 is 17.2 Å². The Labute approximate surface area is 110 Å². The third kappa shape index (κ3) is 9.76. The van der Waals surface area contributed by atoms with Gasteiger partial charge < -0.3 is 31.8 Å². The van der Waals surface area contributed by atoms with Crippen molar-refractivity contribution in [3.63, 3.8) is 0 Å². The molecule has 0 rings (SSSR count). The van der Waals surface area contributed by atoms with Gasteiger partial charge in [0.2, 0.25) is 0 Å². The number of nitrogens with two attached hydrogens (primary N) is 3. The van der Waals surface area contributed by atoms with Crippen molar-refractivity contribution in [2.24, 2.45) is 23.1 Å². The SMILES string of the molecule is NCCCOCC(COCCCN)C(N)CCO. The summed E-state index contributed by atoms with van der Waals surface area (Å²) < 4.78 is 11.0. The predicted octanol–water partition coefficient (Wildman–Crippen LogP) is -0.957. The molecule has 0 bridgehead atoms. The molecule has 0 aromatic heterocycles. The van der Waals surface area contributed by atoms with E-state index >= 15 is 0 Å². The quantitative estimate of drug-likeness (QED) is 0.318. The van der Waals surface area contributed by atoms with Crippen molar-refractivity contribution < 1.29 is 14.6 Å². The zero-order valence-electron chi connectivity index (χ0n) is 11.2. The molecule has 6 nitrogen and oxygen atoms in total. The summed E-state index contributed by atoms with van der Waals surface area (Å²) in [5.74, 6) is 0.104. The van der Waals surface area contributed by atoms with Gasteiger partial charge in [0.1, 0.15) is 0 Å². The Hall–Kier alpha value is -0.240. The van der Waals surface area contributed by atoms with E-state index in [2.05, 4.69) is 0 Å². The molecule has 0 aliphatic heterocycles. The van der Waals surface area contributed by atoms with Crippen LogP contribution >= 0.6 is 0 Å². The van der Waals surface area contributed by atoms with Gasteiger partial charge in [-0.3, -0.25) is 0 Å². The van der Waals surface area contributed by atoms with Gasteiger partial charge >= 0.3 is 0 Å². The lowest BCUT2D eigenvalue weighted by atomic mass is 10.00. The summed E-state index contributed by atoms with van der Waals surface area (Å²) in [5.41, 5.74) is 16.8. The van der Waals surface area contributed by atoms with Gasteiger partial charge in [-0.15, -0.1) is 0 Å². The van der Waals surface area contributed by atoms with E-state index in [4.69, 9.17) is 31.8 Å². The largest absolute Gasteiger partial charge is 0.396 e. The van der Waals surface area contributed by atoms with E-state index in [1.807, 2.05) is 0 Å². The molecular formula is C12H29N3O3. The summed E-state index contributed by atoms with van der Waals surface area (Å²) in [7, 11) is 0. The number of rotatable bonds is 13. The molecule has 110 valence electrons. The van der Waals surface area contributed by atoms with E-state index in [0.29, 0.717) is 45.9 Å². The Kier molecular flexibility index (Phi) is 13.0. The Balaban J connectivity index is 3.84. The minimum atomic E-state index is -0.106. The van der Waals surface area contributed by atoms with Crippen LogP contribution in [0.1, 0.15) is 19.3 Å². The van der Waals surface area contributed by atoms with E-state index < -0.39 is 0 Å². The molecule has 0 heterocycles. The molecular weight excluding hydrogens is 234 g/mol. The van der Waals surface area contributed by atoms with E-state index in [0.717, 1.165) is 12.8 Å². The fourth-order valence-corrected chi connectivity index (χ4v) is 1.52. The molecule has 7 N–H and O–H groups in total. The molecule has 0 aliphatic carbocycles. The van der Waals surface area contributed by atoms with Crippen molar-refractivity contribution >= 4 is 0 Å². The maximum atomic E-state index is 8.91. The van der Waals surface area contributed by atoms with Gasteiger partial charge in [-0.25, -0.2) is 0 Å². The monoisotopic (exact) mass is 263 g/mol. The highest BCUT2D eigenvalue weighted by molar-refractivity contribution is 4.72. The molecule has 1 atom stereocenters. The second-order valence-electron chi connectivity index (χ2n) is 4.37. The molecule has 0 saturated heterocycles. The predicted molar refractivity (Wildman–Crippen MR) is 72.1 cm³/mol. The minimum Gasteiger partial charge on any atom is -0.396 e. The van der Waals surface area contributed by atoms with Crippen LogP contribution in [-0.4, -0.2) is 57.3 Å². The lowest BCUT2D eigenvalue weighted by Gasteiger charge is -2.23. The molecule has 0 radical (unpaired) electrons. The molecule has 0 aromatic rings. The van der Waals surface area contributed by atoms with Gasteiger partial charge in [-0.05, 0) is 32.4 Å². The van der Waals surface area contributed by atoms with E-state index in [1.165, 1.54) is 0 Å². The Bertz CT molecular complexity index is 161. The molecule has 1 unspecified atom stereocenters. The highest BCUT2D eigenvalue weighted by Gasteiger charge is 2.18. The van der Waals surface area contributed by atoms with Crippen LogP contribution in [0.25, 0.3) is 0 Å². The van der Waals surface area contributed by atoms with Crippen LogP contribution in [0.3, 0.4) is 0 Å². The summed E-state index contributed by atoms with van der Waals surface area (Å²) in [5, 5.41) is 8.91. The summed E-state index contributed by atoms with van der Waals surface area (Å²) in [4.78, 5) is 0. The zero-order valence-corrected chi connectivity index (χ0v) is 11.2. The van der Waals surface area contributed by atoms with Crippen LogP contribution in [0.2, 0.25) is 0 Å². The molecule has 0 amide bonds. The number of hydrogen-bond acceptors (Lipinski definition) is 6. The fourth-order valence-electron chi connectivity index (χ4n) is 1.52. The lowest BCUT2D eigenvalue weighted by Crippen LogP contribution is -2.37. The van der Waals surface area contributed by atoms with Gasteiger partial charge in [0.25, 0.3) is 0 Å².